The van der Waals surface area contributed by atoms with E-state index in [0.717, 1.165) is 11.3 Å². The van der Waals surface area contributed by atoms with Crippen LogP contribution in [0, 0.1) is 0 Å². The van der Waals surface area contributed by atoms with Crippen LogP contribution in [-0.4, -0.2) is 13.3 Å². The summed E-state index contributed by atoms with van der Waals surface area (Å²) in [6.07, 6.45) is 3.64. The van der Waals surface area contributed by atoms with E-state index in [1.807, 2.05) is 12.3 Å². The van der Waals surface area contributed by atoms with Crippen molar-refractivity contribution in [3.05, 3.63) is 96.8 Å². The van der Waals surface area contributed by atoms with Gasteiger partial charge in [0.15, 0.2) is 0 Å². The molecule has 0 N–H and O–H groups in total. The molecule has 3 aromatic rings. The molecule has 1 aromatic heterocycles. The minimum absolute atomic E-state index is 0.0236. The lowest BCUT2D eigenvalue weighted by Gasteiger charge is -2.43. The maximum absolute atomic E-state index is 6.90. The summed E-state index contributed by atoms with van der Waals surface area (Å²) >= 11 is 0. The van der Waals surface area contributed by atoms with Crippen molar-refractivity contribution in [2.45, 2.75) is 32.4 Å². The molecule has 0 aliphatic heterocycles. The maximum Gasteiger partial charge on any atom is 0.261 e. The number of aromatic nitrogens is 1. The van der Waals surface area contributed by atoms with Gasteiger partial charge in [0, 0.05) is 6.20 Å². The highest BCUT2D eigenvalue weighted by Gasteiger charge is 2.50. The molecule has 2 nitrogen and oxygen atoms in total. The van der Waals surface area contributed by atoms with Crippen LogP contribution in [0.5, 0.6) is 0 Å². The Morgan fingerprint density at radius 3 is 1.85 bits per heavy atom. The summed E-state index contributed by atoms with van der Waals surface area (Å²) in [5, 5.41) is 2.56. The van der Waals surface area contributed by atoms with Crippen LogP contribution in [0.3, 0.4) is 0 Å². The van der Waals surface area contributed by atoms with Crippen LogP contribution in [0.15, 0.2) is 85.6 Å². The van der Waals surface area contributed by atoms with E-state index in [4.69, 9.17) is 4.43 Å². The molecule has 27 heavy (non-hydrogen) atoms. The van der Waals surface area contributed by atoms with Crippen molar-refractivity contribution in [1.82, 2.24) is 4.98 Å². The van der Waals surface area contributed by atoms with E-state index in [0.29, 0.717) is 6.61 Å². The Morgan fingerprint density at radius 1 is 0.889 bits per heavy atom. The number of pyridine rings is 1. The number of hydrogen-bond donors (Lipinski definition) is 0. The minimum Gasteiger partial charge on any atom is -0.403 e. The van der Waals surface area contributed by atoms with E-state index in [1.165, 1.54) is 10.4 Å². The Hall–Kier alpha value is -2.49. The van der Waals surface area contributed by atoms with E-state index < -0.39 is 8.32 Å². The van der Waals surface area contributed by atoms with Gasteiger partial charge in [0.25, 0.3) is 8.32 Å². The summed E-state index contributed by atoms with van der Waals surface area (Å²) < 4.78 is 6.90. The van der Waals surface area contributed by atoms with Gasteiger partial charge in [-0.2, -0.15) is 0 Å². The Labute approximate surface area is 163 Å². The number of rotatable bonds is 6. The lowest BCUT2D eigenvalue weighted by atomic mass is 10.2. The molecule has 138 valence electrons. The summed E-state index contributed by atoms with van der Waals surface area (Å²) in [6.45, 7) is 11.2. The summed E-state index contributed by atoms with van der Waals surface area (Å²) in [5.41, 5.74) is 1.96. The minimum atomic E-state index is -2.50. The van der Waals surface area contributed by atoms with E-state index in [9.17, 15) is 0 Å². The van der Waals surface area contributed by atoms with Gasteiger partial charge in [0.2, 0.25) is 0 Å². The van der Waals surface area contributed by atoms with Gasteiger partial charge in [-0.1, -0.05) is 94.1 Å². The van der Waals surface area contributed by atoms with Crippen LogP contribution >= 0.6 is 0 Å². The largest absolute Gasteiger partial charge is 0.403 e. The van der Waals surface area contributed by atoms with Crippen LogP contribution < -0.4 is 10.4 Å². The summed E-state index contributed by atoms with van der Waals surface area (Å²) in [6, 6.07) is 25.5. The molecule has 0 fully saturated rings. The third-order valence-corrected chi connectivity index (χ3v) is 9.91. The lowest BCUT2D eigenvalue weighted by Crippen LogP contribution is -2.66. The number of nitrogens with zero attached hydrogens (tertiary/aromatic N) is 1. The van der Waals surface area contributed by atoms with Crippen molar-refractivity contribution in [1.29, 1.82) is 0 Å². The summed E-state index contributed by atoms with van der Waals surface area (Å²) in [4.78, 5) is 4.42. The van der Waals surface area contributed by atoms with Gasteiger partial charge in [-0.15, -0.1) is 0 Å². The molecule has 0 aliphatic carbocycles. The molecule has 0 bridgehead atoms. The van der Waals surface area contributed by atoms with Crippen molar-refractivity contribution in [3.8, 4) is 0 Å². The average Bonchev–Trinajstić information content (AvgIpc) is 2.69. The standard InChI is InChI=1S/C24H27NOSi/c1-5-21-17-16-20(18-25-21)19-26-27(24(2,3)4,22-12-8-6-9-13-22)23-14-10-7-11-15-23/h5-18H,1,19H2,2-4H3. The Bertz CT molecular complexity index is 828. The zero-order valence-corrected chi connectivity index (χ0v) is 17.4. The summed E-state index contributed by atoms with van der Waals surface area (Å²) in [5.74, 6) is 0. The Balaban J connectivity index is 2.07. The second kappa shape index (κ2) is 8.03. The molecule has 0 unspecified atom stereocenters. The van der Waals surface area contributed by atoms with Crippen LogP contribution in [0.2, 0.25) is 5.04 Å². The predicted molar refractivity (Wildman–Crippen MR) is 117 cm³/mol. The van der Waals surface area contributed by atoms with Crippen LogP contribution in [0.1, 0.15) is 32.0 Å². The van der Waals surface area contributed by atoms with Gasteiger partial charge in [-0.05, 0) is 33.1 Å². The van der Waals surface area contributed by atoms with Crippen LogP contribution in [0.4, 0.5) is 0 Å². The Kier molecular flexibility index (Phi) is 5.73. The topological polar surface area (TPSA) is 22.1 Å². The molecule has 0 amide bonds. The normalized spacial score (nSPS) is 12.0. The van der Waals surface area contributed by atoms with Gasteiger partial charge in [0.1, 0.15) is 0 Å². The van der Waals surface area contributed by atoms with Crippen molar-refractivity contribution >= 4 is 24.8 Å². The van der Waals surface area contributed by atoms with Gasteiger partial charge in [0.05, 0.1) is 12.3 Å². The zero-order chi connectivity index (χ0) is 19.3. The van der Waals surface area contributed by atoms with Crippen LogP contribution in [-0.2, 0) is 11.0 Å². The molecule has 0 saturated heterocycles. The third kappa shape index (κ3) is 3.94. The monoisotopic (exact) mass is 373 g/mol. The first-order chi connectivity index (χ1) is 13.0. The van der Waals surface area contributed by atoms with Crippen molar-refractivity contribution in [3.63, 3.8) is 0 Å². The SMILES string of the molecule is C=Cc1ccc(CO[Si](c2ccccc2)(c2ccccc2)C(C)(C)C)cn1. The fourth-order valence-electron chi connectivity index (χ4n) is 3.60. The maximum atomic E-state index is 6.90. The highest BCUT2D eigenvalue weighted by molar-refractivity contribution is 6.99. The lowest BCUT2D eigenvalue weighted by molar-refractivity contribution is 0.286. The first-order valence-electron chi connectivity index (χ1n) is 9.30. The first kappa shape index (κ1) is 19.3. The van der Waals surface area contributed by atoms with Gasteiger partial charge < -0.3 is 4.43 Å². The Morgan fingerprint density at radius 2 is 1.44 bits per heavy atom. The third-order valence-electron chi connectivity index (χ3n) is 4.93. The summed E-state index contributed by atoms with van der Waals surface area (Å²) in [7, 11) is -2.50. The van der Waals surface area contributed by atoms with Crippen molar-refractivity contribution in [2.75, 3.05) is 0 Å². The highest BCUT2D eigenvalue weighted by Crippen LogP contribution is 2.37. The molecule has 3 rings (SSSR count). The first-order valence-corrected chi connectivity index (χ1v) is 11.2. The molecule has 0 saturated carbocycles. The highest BCUT2D eigenvalue weighted by atomic mass is 28.4. The molecule has 1 heterocycles. The molecule has 3 heteroatoms. The van der Waals surface area contributed by atoms with E-state index in [1.54, 1.807) is 6.08 Å². The molecule has 0 radical (unpaired) electrons. The van der Waals surface area contributed by atoms with E-state index in [-0.39, 0.29) is 5.04 Å². The van der Waals surface area contributed by atoms with Gasteiger partial charge in [-0.25, -0.2) is 0 Å². The smallest absolute Gasteiger partial charge is 0.261 e. The fourth-order valence-corrected chi connectivity index (χ4v) is 8.13. The van der Waals surface area contributed by atoms with Crippen molar-refractivity contribution in [2.24, 2.45) is 0 Å². The van der Waals surface area contributed by atoms with Gasteiger partial charge >= 0.3 is 0 Å². The van der Waals surface area contributed by atoms with Crippen LogP contribution in [0.25, 0.3) is 6.08 Å². The molecule has 0 aliphatic rings. The fraction of sp³-hybridized carbons (Fsp3) is 0.208. The molecule has 0 atom stereocenters. The quantitative estimate of drug-likeness (QED) is 0.579. The molecular formula is C24H27NOSi. The van der Waals surface area contributed by atoms with Gasteiger partial charge in [-0.3, -0.25) is 4.98 Å². The second-order valence-electron chi connectivity index (χ2n) is 7.75. The average molecular weight is 374 g/mol. The molecule has 2 aromatic carbocycles. The number of hydrogen-bond acceptors (Lipinski definition) is 2. The predicted octanol–water partition coefficient (Wildman–Crippen LogP) is 4.80. The second-order valence-corrected chi connectivity index (χ2v) is 12.1. The molecular weight excluding hydrogens is 346 g/mol. The zero-order valence-electron chi connectivity index (χ0n) is 16.4. The van der Waals surface area contributed by atoms with E-state index >= 15 is 0 Å². The number of benzene rings is 2. The molecule has 0 spiro atoms. The van der Waals surface area contributed by atoms with Crippen molar-refractivity contribution < 1.29 is 4.43 Å². The van der Waals surface area contributed by atoms with E-state index in [2.05, 4.69) is 99.1 Å².